The Balaban J connectivity index is 1.78. The topological polar surface area (TPSA) is 42.7 Å². The van der Waals surface area contributed by atoms with E-state index in [4.69, 9.17) is 0 Å². The molecule has 0 amide bonds. The van der Waals surface area contributed by atoms with Crippen LogP contribution in [0.4, 0.5) is 4.39 Å². The lowest BCUT2D eigenvalue weighted by Gasteiger charge is -2.25. The highest BCUT2D eigenvalue weighted by Crippen LogP contribution is 2.36. The molecule has 1 unspecified atom stereocenters. The Morgan fingerprint density at radius 2 is 2.09 bits per heavy atom. The van der Waals surface area contributed by atoms with Crippen molar-refractivity contribution in [2.24, 2.45) is 5.92 Å². The summed E-state index contributed by atoms with van der Waals surface area (Å²) in [6, 6.07) is 7.16. The van der Waals surface area contributed by atoms with E-state index in [1.165, 1.54) is 31.7 Å². The minimum atomic E-state index is -0.167. The van der Waals surface area contributed by atoms with Crippen molar-refractivity contribution < 1.29 is 4.39 Å². The monoisotopic (exact) mass is 316 g/mol. The first-order valence-corrected chi connectivity index (χ1v) is 8.56. The number of hydrogen-bond donors (Lipinski definition) is 1. The lowest BCUT2D eigenvalue weighted by Crippen LogP contribution is -2.28. The van der Waals surface area contributed by atoms with Gasteiger partial charge in [-0.2, -0.15) is 0 Å². The van der Waals surface area contributed by atoms with Gasteiger partial charge in [-0.15, -0.1) is 10.2 Å². The normalized spacial score (nSPS) is 16.8. The van der Waals surface area contributed by atoms with Gasteiger partial charge in [0.15, 0.2) is 0 Å². The minimum Gasteiger partial charge on any atom is -0.314 e. The van der Waals surface area contributed by atoms with Crippen LogP contribution < -0.4 is 5.32 Å². The summed E-state index contributed by atoms with van der Waals surface area (Å²) in [5, 5.41) is 12.1. The second-order valence-corrected chi connectivity index (χ2v) is 6.37. The van der Waals surface area contributed by atoms with Crippen LogP contribution in [-0.2, 0) is 13.1 Å². The fourth-order valence-electron chi connectivity index (χ4n) is 3.72. The number of nitrogens with zero attached hydrogens (tertiary/aromatic N) is 3. The first kappa shape index (κ1) is 16.1. The number of rotatable bonds is 6. The highest BCUT2D eigenvalue weighted by Gasteiger charge is 2.26. The number of benzene rings is 1. The summed E-state index contributed by atoms with van der Waals surface area (Å²) in [4.78, 5) is 0. The number of hydrogen-bond acceptors (Lipinski definition) is 3. The van der Waals surface area contributed by atoms with Crippen LogP contribution in [0.3, 0.4) is 0 Å². The zero-order valence-electron chi connectivity index (χ0n) is 13.9. The van der Waals surface area contributed by atoms with Crippen LogP contribution >= 0.6 is 0 Å². The Morgan fingerprint density at radius 1 is 1.30 bits per heavy atom. The van der Waals surface area contributed by atoms with E-state index in [0.29, 0.717) is 12.5 Å². The predicted molar refractivity (Wildman–Crippen MR) is 88.4 cm³/mol. The third-order valence-electron chi connectivity index (χ3n) is 4.89. The molecular formula is C18H25FN4. The fraction of sp³-hybridized carbons (Fsp3) is 0.556. The molecule has 1 fully saturated rings. The molecule has 5 heteroatoms. The van der Waals surface area contributed by atoms with Gasteiger partial charge in [0.05, 0.1) is 6.54 Å². The molecule has 0 bridgehead atoms. The molecule has 3 rings (SSSR count). The molecule has 1 aromatic heterocycles. The average Bonchev–Trinajstić information content (AvgIpc) is 3.18. The summed E-state index contributed by atoms with van der Waals surface area (Å²) in [5.41, 5.74) is 1.04. The maximum Gasteiger partial charge on any atom is 0.147 e. The fourth-order valence-corrected chi connectivity index (χ4v) is 3.72. The molecule has 1 heterocycles. The van der Waals surface area contributed by atoms with E-state index in [9.17, 15) is 4.39 Å². The van der Waals surface area contributed by atoms with Crippen LogP contribution in [0, 0.1) is 18.7 Å². The third kappa shape index (κ3) is 3.61. The second-order valence-electron chi connectivity index (χ2n) is 6.37. The van der Waals surface area contributed by atoms with Crippen LogP contribution in [-0.4, -0.2) is 14.8 Å². The van der Waals surface area contributed by atoms with Crippen LogP contribution in [0.5, 0.6) is 0 Å². The lowest BCUT2D eigenvalue weighted by atomic mass is 9.91. The molecular weight excluding hydrogens is 291 g/mol. The highest BCUT2D eigenvalue weighted by molar-refractivity contribution is 5.21. The summed E-state index contributed by atoms with van der Waals surface area (Å²) in [5.74, 6) is 2.28. The molecule has 124 valence electrons. The Morgan fingerprint density at radius 3 is 2.78 bits per heavy atom. The molecule has 1 atom stereocenters. The van der Waals surface area contributed by atoms with Crippen molar-refractivity contribution in [2.75, 3.05) is 0 Å². The van der Waals surface area contributed by atoms with Gasteiger partial charge in [-0.3, -0.25) is 0 Å². The maximum atomic E-state index is 13.6. The average molecular weight is 316 g/mol. The molecule has 2 aromatic rings. The molecule has 0 saturated heterocycles. The van der Waals surface area contributed by atoms with Gasteiger partial charge in [0.25, 0.3) is 0 Å². The molecule has 23 heavy (non-hydrogen) atoms. The Bertz CT molecular complexity index is 646. The van der Waals surface area contributed by atoms with Gasteiger partial charge in [-0.1, -0.05) is 25.0 Å². The van der Waals surface area contributed by atoms with Gasteiger partial charge in [0.1, 0.15) is 17.5 Å². The van der Waals surface area contributed by atoms with Gasteiger partial charge in [0.2, 0.25) is 0 Å². The Hall–Kier alpha value is -1.75. The van der Waals surface area contributed by atoms with Gasteiger partial charge in [-0.25, -0.2) is 4.39 Å². The molecule has 1 saturated carbocycles. The maximum absolute atomic E-state index is 13.6. The predicted octanol–water partition coefficient (Wildman–Crippen LogP) is 3.77. The summed E-state index contributed by atoms with van der Waals surface area (Å²) in [7, 11) is 0. The highest BCUT2D eigenvalue weighted by atomic mass is 19.1. The Labute approximate surface area is 137 Å². The molecule has 0 aliphatic heterocycles. The van der Waals surface area contributed by atoms with Crippen LogP contribution in [0.25, 0.3) is 0 Å². The molecule has 1 aliphatic rings. The van der Waals surface area contributed by atoms with Crippen molar-refractivity contribution in [1.29, 1.82) is 0 Å². The smallest absolute Gasteiger partial charge is 0.147 e. The van der Waals surface area contributed by atoms with E-state index >= 15 is 0 Å². The van der Waals surface area contributed by atoms with Gasteiger partial charge in [0, 0.05) is 12.6 Å². The molecule has 1 aromatic carbocycles. The Kier molecular flexibility index (Phi) is 5.06. The van der Waals surface area contributed by atoms with E-state index in [0.717, 1.165) is 23.8 Å². The van der Waals surface area contributed by atoms with Crippen LogP contribution in [0.1, 0.15) is 55.9 Å². The van der Waals surface area contributed by atoms with Crippen molar-refractivity contribution in [3.63, 3.8) is 0 Å². The second kappa shape index (κ2) is 7.21. The molecule has 0 radical (unpaired) electrons. The number of aromatic nitrogens is 3. The number of halogens is 1. The van der Waals surface area contributed by atoms with E-state index in [1.54, 1.807) is 12.1 Å². The van der Waals surface area contributed by atoms with Crippen molar-refractivity contribution in [1.82, 2.24) is 20.1 Å². The van der Waals surface area contributed by atoms with E-state index in [-0.39, 0.29) is 11.9 Å². The van der Waals surface area contributed by atoms with E-state index in [1.807, 2.05) is 13.0 Å². The van der Waals surface area contributed by atoms with Crippen molar-refractivity contribution in [3.8, 4) is 0 Å². The quantitative estimate of drug-likeness (QED) is 0.882. The van der Waals surface area contributed by atoms with Gasteiger partial charge in [-0.05, 0) is 50.3 Å². The molecule has 1 N–H and O–H groups in total. The summed E-state index contributed by atoms with van der Waals surface area (Å²) >= 11 is 0. The largest absolute Gasteiger partial charge is 0.314 e. The zero-order chi connectivity index (χ0) is 16.2. The van der Waals surface area contributed by atoms with Crippen LogP contribution in [0.15, 0.2) is 24.3 Å². The SMILES string of the molecule is CCn1c(C)nnc1CNC(c1cccc(F)c1)C1CCCC1. The first-order valence-electron chi connectivity index (χ1n) is 8.56. The molecule has 0 spiro atoms. The summed E-state index contributed by atoms with van der Waals surface area (Å²) in [6.07, 6.45) is 4.94. The minimum absolute atomic E-state index is 0.167. The number of aryl methyl sites for hydroxylation is 1. The molecule has 1 aliphatic carbocycles. The summed E-state index contributed by atoms with van der Waals surface area (Å²) in [6.45, 7) is 5.60. The summed E-state index contributed by atoms with van der Waals surface area (Å²) < 4.78 is 15.8. The third-order valence-corrected chi connectivity index (χ3v) is 4.89. The van der Waals surface area contributed by atoms with Crippen molar-refractivity contribution in [3.05, 3.63) is 47.3 Å². The zero-order valence-corrected chi connectivity index (χ0v) is 13.9. The van der Waals surface area contributed by atoms with Crippen molar-refractivity contribution in [2.45, 2.75) is 58.7 Å². The first-order chi connectivity index (χ1) is 11.2. The van der Waals surface area contributed by atoms with Crippen LogP contribution in [0.2, 0.25) is 0 Å². The molecule has 4 nitrogen and oxygen atoms in total. The van der Waals surface area contributed by atoms with Gasteiger partial charge < -0.3 is 9.88 Å². The number of nitrogens with one attached hydrogen (secondary N) is 1. The van der Waals surface area contributed by atoms with Gasteiger partial charge >= 0.3 is 0 Å². The lowest BCUT2D eigenvalue weighted by molar-refractivity contribution is 0.359. The van der Waals surface area contributed by atoms with E-state index in [2.05, 4.69) is 27.0 Å². The van der Waals surface area contributed by atoms with Crippen molar-refractivity contribution >= 4 is 0 Å². The van der Waals surface area contributed by atoms with E-state index < -0.39 is 0 Å². The standard InChI is InChI=1S/C18H25FN4/c1-3-23-13(2)21-22-17(23)12-20-18(14-7-4-5-8-14)15-9-6-10-16(19)11-15/h6,9-11,14,18,20H,3-5,7-8,12H2,1-2H3.